The van der Waals surface area contributed by atoms with Gasteiger partial charge in [-0.05, 0) is 48.4 Å². The molecule has 27 heavy (non-hydrogen) atoms. The van der Waals surface area contributed by atoms with Crippen LogP contribution in [-0.4, -0.2) is 20.9 Å². The van der Waals surface area contributed by atoms with Gasteiger partial charge in [0.15, 0.2) is 0 Å². The summed E-state index contributed by atoms with van der Waals surface area (Å²) in [6.07, 6.45) is 1.55. The smallest absolute Gasteiger partial charge is 0.295 e. The van der Waals surface area contributed by atoms with E-state index >= 15 is 0 Å². The van der Waals surface area contributed by atoms with Crippen LogP contribution in [0.5, 0.6) is 0 Å². The van der Waals surface area contributed by atoms with E-state index in [1.54, 1.807) is 49.0 Å². The second-order valence-corrected chi connectivity index (χ2v) is 6.63. The summed E-state index contributed by atoms with van der Waals surface area (Å²) in [5.41, 5.74) is 6.31. The van der Waals surface area contributed by atoms with Crippen molar-refractivity contribution in [3.63, 3.8) is 0 Å². The lowest BCUT2D eigenvalue weighted by Gasteiger charge is -2.14. The topological polar surface area (TPSA) is 76.3 Å². The van der Waals surface area contributed by atoms with Crippen LogP contribution in [0, 0.1) is 6.92 Å². The monoisotopic (exact) mass is 362 g/mol. The molecule has 1 N–H and O–H groups in total. The van der Waals surface area contributed by atoms with Crippen molar-refractivity contribution in [2.24, 2.45) is 14.1 Å². The maximum Gasteiger partial charge on any atom is 0.328 e. The number of benzene rings is 2. The van der Waals surface area contributed by atoms with E-state index in [9.17, 15) is 14.4 Å². The van der Waals surface area contributed by atoms with Crippen molar-refractivity contribution in [1.82, 2.24) is 14.6 Å². The molecule has 2 aromatic carbocycles. The van der Waals surface area contributed by atoms with Crippen LogP contribution < -0.4 is 16.1 Å². The molecule has 0 spiro atoms. The summed E-state index contributed by atoms with van der Waals surface area (Å²) < 4.78 is 3.09. The van der Waals surface area contributed by atoms with Gasteiger partial charge in [-0.3, -0.25) is 24.1 Å². The van der Waals surface area contributed by atoms with Crippen LogP contribution in [0.25, 0.3) is 17.1 Å². The van der Waals surface area contributed by atoms with E-state index in [4.69, 9.17) is 0 Å². The van der Waals surface area contributed by atoms with Crippen molar-refractivity contribution in [3.05, 3.63) is 69.6 Å². The van der Waals surface area contributed by atoms with Crippen LogP contribution in [0.1, 0.15) is 11.1 Å². The fourth-order valence-corrected chi connectivity index (χ4v) is 3.29. The maximum atomic E-state index is 12.7. The van der Waals surface area contributed by atoms with Gasteiger partial charge in [-0.1, -0.05) is 18.2 Å². The lowest BCUT2D eigenvalue weighted by Crippen LogP contribution is -2.35. The first-order valence-electron chi connectivity index (χ1n) is 8.46. The number of nitrogens with zero attached hydrogens (tertiary/aromatic N) is 3. The van der Waals surface area contributed by atoms with Crippen LogP contribution in [0.2, 0.25) is 0 Å². The molecule has 0 saturated carbocycles. The van der Waals surface area contributed by atoms with Crippen LogP contribution >= 0.6 is 0 Å². The van der Waals surface area contributed by atoms with Gasteiger partial charge in [0.25, 0.3) is 11.8 Å². The Morgan fingerprint density at radius 2 is 1.67 bits per heavy atom. The summed E-state index contributed by atoms with van der Waals surface area (Å²) in [5.74, 6) is -0.865. The predicted octanol–water partition coefficient (Wildman–Crippen LogP) is 1.65. The largest absolute Gasteiger partial charge is 0.328 e. The molecule has 1 saturated heterocycles. The minimum atomic E-state index is -0.455. The zero-order valence-corrected chi connectivity index (χ0v) is 15.2. The first-order chi connectivity index (χ1) is 12.9. The Hall–Kier alpha value is -3.61. The molecule has 1 aliphatic heterocycles. The molecule has 0 bridgehead atoms. The highest BCUT2D eigenvalue weighted by atomic mass is 16.2. The fourth-order valence-electron chi connectivity index (χ4n) is 3.29. The van der Waals surface area contributed by atoms with E-state index in [2.05, 4.69) is 5.43 Å². The van der Waals surface area contributed by atoms with Gasteiger partial charge in [0.2, 0.25) is 0 Å². The molecule has 0 atom stereocenters. The van der Waals surface area contributed by atoms with E-state index in [0.29, 0.717) is 11.3 Å². The van der Waals surface area contributed by atoms with Gasteiger partial charge in [0.05, 0.1) is 16.7 Å². The zero-order valence-electron chi connectivity index (χ0n) is 15.2. The van der Waals surface area contributed by atoms with Crippen LogP contribution in [0.15, 0.2) is 52.8 Å². The van der Waals surface area contributed by atoms with E-state index in [1.807, 2.05) is 25.1 Å². The van der Waals surface area contributed by atoms with Gasteiger partial charge in [0.1, 0.15) is 5.57 Å². The average molecular weight is 362 g/mol. The maximum absolute atomic E-state index is 12.7. The van der Waals surface area contributed by atoms with Crippen molar-refractivity contribution in [1.29, 1.82) is 0 Å². The Morgan fingerprint density at radius 1 is 0.926 bits per heavy atom. The molecule has 3 aromatic rings. The van der Waals surface area contributed by atoms with Gasteiger partial charge in [-0.2, -0.15) is 0 Å². The Morgan fingerprint density at radius 3 is 2.41 bits per heavy atom. The molecule has 0 unspecified atom stereocenters. The molecule has 2 heterocycles. The minimum Gasteiger partial charge on any atom is -0.295 e. The number of carbonyl (C=O) groups excluding carboxylic acids is 2. The van der Waals surface area contributed by atoms with E-state index < -0.39 is 11.8 Å². The number of hydrogen-bond acceptors (Lipinski definition) is 3. The molecule has 0 aliphatic carbocycles. The third-order valence-electron chi connectivity index (χ3n) is 4.76. The van der Waals surface area contributed by atoms with E-state index in [-0.39, 0.29) is 11.3 Å². The number of fused-ring (bicyclic) bond motifs is 1. The summed E-state index contributed by atoms with van der Waals surface area (Å²) in [4.78, 5) is 37.1. The summed E-state index contributed by atoms with van der Waals surface area (Å²) in [6, 6.07) is 12.7. The van der Waals surface area contributed by atoms with Gasteiger partial charge in [-0.25, -0.2) is 9.80 Å². The van der Waals surface area contributed by atoms with E-state index in [1.165, 1.54) is 9.58 Å². The highest BCUT2D eigenvalue weighted by molar-refractivity contribution is 6.31. The van der Waals surface area contributed by atoms with Crippen molar-refractivity contribution < 1.29 is 9.59 Å². The molecular weight excluding hydrogens is 344 g/mol. The second kappa shape index (κ2) is 5.98. The molecule has 0 radical (unpaired) electrons. The molecule has 1 aromatic heterocycles. The Labute approximate surface area is 155 Å². The second-order valence-electron chi connectivity index (χ2n) is 6.63. The van der Waals surface area contributed by atoms with Crippen LogP contribution in [-0.2, 0) is 23.7 Å². The van der Waals surface area contributed by atoms with Gasteiger partial charge in [-0.15, -0.1) is 0 Å². The lowest BCUT2D eigenvalue weighted by atomic mass is 10.1. The Balaban J connectivity index is 1.75. The molecule has 7 nitrogen and oxygen atoms in total. The number of amides is 2. The number of imidazole rings is 1. The normalized spacial score (nSPS) is 15.8. The number of aromatic nitrogens is 2. The first-order valence-corrected chi connectivity index (χ1v) is 8.46. The Kier molecular flexibility index (Phi) is 3.73. The van der Waals surface area contributed by atoms with Crippen molar-refractivity contribution in [2.45, 2.75) is 6.92 Å². The Bertz CT molecular complexity index is 1200. The molecule has 1 fully saturated rings. The van der Waals surface area contributed by atoms with Crippen molar-refractivity contribution in [2.75, 3.05) is 5.01 Å². The number of hydrazine groups is 1. The standard InChI is InChI=1S/C20H18N4O3/c1-12-5-4-6-14(9-12)24-19(26)15(18(25)21-24)10-13-7-8-16-17(11-13)23(3)20(27)22(16)2/h4-11H,1-3H3,(H,21,25)/b15-10-. The summed E-state index contributed by atoms with van der Waals surface area (Å²) in [7, 11) is 3.39. The summed E-state index contributed by atoms with van der Waals surface area (Å²) >= 11 is 0. The number of anilines is 1. The fraction of sp³-hybridized carbons (Fsp3) is 0.150. The van der Waals surface area contributed by atoms with Crippen LogP contribution in [0.3, 0.4) is 0 Å². The third-order valence-corrected chi connectivity index (χ3v) is 4.76. The molecule has 4 rings (SSSR count). The summed E-state index contributed by atoms with van der Waals surface area (Å²) in [6.45, 7) is 1.92. The van der Waals surface area contributed by atoms with Crippen LogP contribution in [0.4, 0.5) is 5.69 Å². The third kappa shape index (κ3) is 2.64. The van der Waals surface area contributed by atoms with Gasteiger partial charge >= 0.3 is 5.69 Å². The quantitative estimate of drug-likeness (QED) is 0.556. The number of carbonyl (C=O) groups is 2. The predicted molar refractivity (Wildman–Crippen MR) is 103 cm³/mol. The molecular formula is C20H18N4O3. The highest BCUT2D eigenvalue weighted by Gasteiger charge is 2.34. The lowest BCUT2D eigenvalue weighted by molar-refractivity contribution is -0.117. The van der Waals surface area contributed by atoms with Crippen molar-refractivity contribution >= 4 is 34.6 Å². The molecule has 1 aliphatic rings. The van der Waals surface area contributed by atoms with Gasteiger partial charge in [0, 0.05) is 14.1 Å². The molecule has 7 heteroatoms. The summed E-state index contributed by atoms with van der Waals surface area (Å²) in [5, 5.41) is 1.25. The minimum absolute atomic E-state index is 0.0526. The molecule has 136 valence electrons. The first kappa shape index (κ1) is 16.8. The average Bonchev–Trinajstić information content (AvgIpc) is 3.05. The SMILES string of the molecule is Cc1cccc(N2NC(=O)/C(=C/c3ccc4c(c3)n(C)c(=O)n4C)C2=O)c1. The van der Waals surface area contributed by atoms with Gasteiger partial charge < -0.3 is 0 Å². The zero-order chi connectivity index (χ0) is 19.3. The van der Waals surface area contributed by atoms with E-state index in [0.717, 1.165) is 16.6 Å². The number of hydrogen-bond donors (Lipinski definition) is 1. The van der Waals surface area contributed by atoms with Crippen molar-refractivity contribution in [3.8, 4) is 0 Å². The number of nitrogens with one attached hydrogen (secondary N) is 1. The number of aryl methyl sites for hydroxylation is 3. The number of rotatable bonds is 2. The molecule has 2 amide bonds. The highest BCUT2D eigenvalue weighted by Crippen LogP contribution is 2.23.